The fourth-order valence-corrected chi connectivity index (χ4v) is 3.10. The van der Waals surface area contributed by atoms with E-state index in [1.54, 1.807) is 11.0 Å². The van der Waals surface area contributed by atoms with Crippen LogP contribution in [0.5, 0.6) is 0 Å². The van der Waals surface area contributed by atoms with Gasteiger partial charge in [0, 0.05) is 42.3 Å². The molecular formula is C20H19FN4O4. The standard InChI is InChI=1S/C20H19FN4O4/c21-17-6-4-16(5-7-17)20(27)24-10-8-15(9-11-24)19(26)23-22-13-14-2-1-3-18(12-14)25(28)29/h1-7,12-13,15H,8-11H2,(H,23,26)/b22-13-. The molecule has 1 aliphatic heterocycles. The Morgan fingerprint density at radius 1 is 1.17 bits per heavy atom. The number of hydrogen-bond acceptors (Lipinski definition) is 5. The molecule has 0 aromatic heterocycles. The number of hydrogen-bond donors (Lipinski definition) is 1. The lowest BCUT2D eigenvalue weighted by Gasteiger charge is -2.31. The van der Waals surface area contributed by atoms with Crippen molar-refractivity contribution in [1.29, 1.82) is 0 Å². The Hall–Kier alpha value is -3.62. The van der Waals surface area contributed by atoms with Crippen molar-refractivity contribution in [2.75, 3.05) is 13.1 Å². The summed E-state index contributed by atoms with van der Waals surface area (Å²) in [5.74, 6) is -1.13. The summed E-state index contributed by atoms with van der Waals surface area (Å²) in [4.78, 5) is 36.6. The maximum atomic E-state index is 13.0. The van der Waals surface area contributed by atoms with Crippen LogP contribution in [0, 0.1) is 21.8 Å². The highest BCUT2D eigenvalue weighted by molar-refractivity contribution is 5.94. The van der Waals surface area contributed by atoms with Crippen LogP contribution in [0.4, 0.5) is 10.1 Å². The molecule has 9 heteroatoms. The van der Waals surface area contributed by atoms with Crippen LogP contribution in [0.2, 0.25) is 0 Å². The van der Waals surface area contributed by atoms with E-state index in [9.17, 15) is 24.1 Å². The number of nitro benzene ring substituents is 1. The second kappa shape index (κ2) is 9.05. The van der Waals surface area contributed by atoms with Gasteiger partial charge in [0.05, 0.1) is 11.1 Å². The van der Waals surface area contributed by atoms with Crippen molar-refractivity contribution in [3.63, 3.8) is 0 Å². The molecule has 1 aliphatic rings. The number of halogens is 1. The van der Waals surface area contributed by atoms with Crippen LogP contribution in [0.3, 0.4) is 0 Å². The number of rotatable bonds is 5. The highest BCUT2D eigenvalue weighted by Crippen LogP contribution is 2.19. The number of benzene rings is 2. The fraction of sp³-hybridized carbons (Fsp3) is 0.250. The minimum absolute atomic E-state index is 0.0570. The zero-order valence-electron chi connectivity index (χ0n) is 15.5. The van der Waals surface area contributed by atoms with Crippen molar-refractivity contribution in [2.24, 2.45) is 11.0 Å². The predicted molar refractivity (Wildman–Crippen MR) is 104 cm³/mol. The van der Waals surface area contributed by atoms with Gasteiger partial charge in [0.1, 0.15) is 5.82 Å². The Morgan fingerprint density at radius 2 is 1.86 bits per heavy atom. The zero-order chi connectivity index (χ0) is 20.8. The monoisotopic (exact) mass is 398 g/mol. The van der Waals surface area contributed by atoms with E-state index >= 15 is 0 Å². The summed E-state index contributed by atoms with van der Waals surface area (Å²) in [7, 11) is 0. The number of non-ortho nitro benzene ring substituents is 1. The van der Waals surface area contributed by atoms with Crippen LogP contribution >= 0.6 is 0 Å². The SMILES string of the molecule is O=C(N/N=C\c1cccc([N+](=O)[O-])c1)C1CCN(C(=O)c2ccc(F)cc2)CC1. The van der Waals surface area contributed by atoms with Crippen molar-refractivity contribution in [3.05, 3.63) is 75.6 Å². The third-order valence-corrected chi connectivity index (χ3v) is 4.71. The van der Waals surface area contributed by atoms with Gasteiger partial charge in [0.15, 0.2) is 0 Å². The van der Waals surface area contributed by atoms with Gasteiger partial charge >= 0.3 is 0 Å². The molecule has 1 N–H and O–H groups in total. The van der Waals surface area contributed by atoms with Gasteiger partial charge in [-0.3, -0.25) is 19.7 Å². The number of nitrogens with one attached hydrogen (secondary N) is 1. The third-order valence-electron chi connectivity index (χ3n) is 4.71. The summed E-state index contributed by atoms with van der Waals surface area (Å²) in [5.41, 5.74) is 3.30. The average molecular weight is 398 g/mol. The van der Waals surface area contributed by atoms with Gasteiger partial charge in [-0.25, -0.2) is 9.82 Å². The maximum absolute atomic E-state index is 13.0. The van der Waals surface area contributed by atoms with Gasteiger partial charge in [0.2, 0.25) is 5.91 Å². The van der Waals surface area contributed by atoms with E-state index in [2.05, 4.69) is 10.5 Å². The Bertz CT molecular complexity index is 938. The van der Waals surface area contributed by atoms with Crippen molar-refractivity contribution in [3.8, 4) is 0 Å². The lowest BCUT2D eigenvalue weighted by Crippen LogP contribution is -2.42. The lowest BCUT2D eigenvalue weighted by molar-refractivity contribution is -0.384. The molecule has 8 nitrogen and oxygen atoms in total. The summed E-state index contributed by atoms with van der Waals surface area (Å²) < 4.78 is 13.0. The van der Waals surface area contributed by atoms with Crippen molar-refractivity contribution in [1.82, 2.24) is 10.3 Å². The van der Waals surface area contributed by atoms with E-state index in [1.807, 2.05) is 0 Å². The number of amides is 2. The molecule has 1 fully saturated rings. The van der Waals surface area contributed by atoms with E-state index in [-0.39, 0.29) is 23.4 Å². The van der Waals surface area contributed by atoms with Gasteiger partial charge in [-0.15, -0.1) is 0 Å². The molecule has 0 atom stereocenters. The molecule has 2 amide bonds. The molecule has 29 heavy (non-hydrogen) atoms. The van der Waals surface area contributed by atoms with Gasteiger partial charge in [-0.2, -0.15) is 5.10 Å². The Labute approximate surface area is 166 Å². The first-order valence-electron chi connectivity index (χ1n) is 9.06. The molecule has 1 heterocycles. The molecule has 2 aromatic carbocycles. The quantitative estimate of drug-likeness (QED) is 0.475. The summed E-state index contributed by atoms with van der Waals surface area (Å²) >= 11 is 0. The number of nitrogens with zero attached hydrogens (tertiary/aromatic N) is 3. The van der Waals surface area contributed by atoms with E-state index < -0.39 is 10.7 Å². The maximum Gasteiger partial charge on any atom is 0.270 e. The Kier molecular flexibility index (Phi) is 6.28. The van der Waals surface area contributed by atoms with E-state index in [4.69, 9.17) is 0 Å². The molecule has 0 unspecified atom stereocenters. The summed E-state index contributed by atoms with van der Waals surface area (Å²) in [6.07, 6.45) is 2.33. The highest BCUT2D eigenvalue weighted by atomic mass is 19.1. The number of likely N-dealkylation sites (tertiary alicyclic amines) is 1. The molecular weight excluding hydrogens is 379 g/mol. The Balaban J connectivity index is 1.50. The average Bonchev–Trinajstić information content (AvgIpc) is 2.74. The fourth-order valence-electron chi connectivity index (χ4n) is 3.10. The van der Waals surface area contributed by atoms with Gasteiger partial charge in [-0.05, 0) is 37.1 Å². The van der Waals surface area contributed by atoms with Crippen molar-refractivity contribution in [2.45, 2.75) is 12.8 Å². The van der Waals surface area contributed by atoms with E-state index in [0.717, 1.165) is 0 Å². The molecule has 150 valence electrons. The molecule has 1 saturated heterocycles. The van der Waals surface area contributed by atoms with Crippen molar-refractivity contribution >= 4 is 23.7 Å². The summed E-state index contributed by atoms with van der Waals surface area (Å²) in [6.45, 7) is 0.839. The Morgan fingerprint density at radius 3 is 2.52 bits per heavy atom. The van der Waals surface area contributed by atoms with Crippen LogP contribution in [-0.4, -0.2) is 40.9 Å². The topological polar surface area (TPSA) is 105 Å². The predicted octanol–water partition coefficient (Wildman–Crippen LogP) is 2.74. The molecule has 0 spiro atoms. The van der Waals surface area contributed by atoms with Crippen LogP contribution in [-0.2, 0) is 4.79 Å². The van der Waals surface area contributed by atoms with Crippen LogP contribution in [0.15, 0.2) is 53.6 Å². The largest absolute Gasteiger partial charge is 0.339 e. The molecule has 3 rings (SSSR count). The number of piperidine rings is 1. The van der Waals surface area contributed by atoms with Crippen LogP contribution in [0.25, 0.3) is 0 Å². The summed E-state index contributed by atoms with van der Waals surface area (Å²) in [6, 6.07) is 11.3. The second-order valence-corrected chi connectivity index (χ2v) is 6.66. The smallest absolute Gasteiger partial charge is 0.270 e. The first kappa shape index (κ1) is 20.1. The van der Waals surface area contributed by atoms with Crippen LogP contribution in [0.1, 0.15) is 28.8 Å². The molecule has 0 radical (unpaired) electrons. The molecule has 0 saturated carbocycles. The van der Waals surface area contributed by atoms with Gasteiger partial charge in [-0.1, -0.05) is 12.1 Å². The van der Waals surface area contributed by atoms with Gasteiger partial charge in [0.25, 0.3) is 11.6 Å². The summed E-state index contributed by atoms with van der Waals surface area (Å²) in [5, 5.41) is 14.6. The number of carbonyl (C=O) groups excluding carboxylic acids is 2. The number of carbonyl (C=O) groups is 2. The second-order valence-electron chi connectivity index (χ2n) is 6.66. The van der Waals surface area contributed by atoms with E-state index in [1.165, 1.54) is 48.7 Å². The molecule has 0 bridgehead atoms. The minimum Gasteiger partial charge on any atom is -0.339 e. The third kappa shape index (κ3) is 5.22. The first-order chi connectivity index (χ1) is 13.9. The number of hydrazone groups is 1. The van der Waals surface area contributed by atoms with Crippen LogP contribution < -0.4 is 5.43 Å². The van der Waals surface area contributed by atoms with Gasteiger partial charge < -0.3 is 4.90 Å². The first-order valence-corrected chi connectivity index (χ1v) is 9.06. The molecule has 2 aromatic rings. The highest BCUT2D eigenvalue weighted by Gasteiger charge is 2.27. The van der Waals surface area contributed by atoms with E-state index in [0.29, 0.717) is 37.1 Å². The minimum atomic E-state index is -0.503. The lowest BCUT2D eigenvalue weighted by atomic mass is 9.95. The molecule has 0 aliphatic carbocycles. The number of nitro groups is 1. The van der Waals surface area contributed by atoms with Crippen molar-refractivity contribution < 1.29 is 18.9 Å². The zero-order valence-corrected chi connectivity index (χ0v) is 15.5. The normalized spacial score (nSPS) is 14.7.